The predicted octanol–water partition coefficient (Wildman–Crippen LogP) is 2.25. The van der Waals surface area contributed by atoms with Crippen LogP contribution in [0.2, 0.25) is 0 Å². The summed E-state index contributed by atoms with van der Waals surface area (Å²) < 4.78 is 1.05. The van der Waals surface area contributed by atoms with Gasteiger partial charge in [-0.2, -0.15) is 10.3 Å². The number of aromatic amines is 1. The maximum atomic E-state index is 4.05. The van der Waals surface area contributed by atoms with E-state index in [9.17, 15) is 0 Å². The molecule has 0 unspecified atom stereocenters. The zero-order chi connectivity index (χ0) is 14.4. The van der Waals surface area contributed by atoms with Gasteiger partial charge in [0.1, 0.15) is 0 Å². The van der Waals surface area contributed by atoms with Crippen molar-refractivity contribution in [2.45, 2.75) is 13.8 Å². The lowest BCUT2D eigenvalue weighted by Gasteiger charge is -2.22. The first kappa shape index (κ1) is 14.4. The van der Waals surface area contributed by atoms with Gasteiger partial charge >= 0.3 is 0 Å². The van der Waals surface area contributed by atoms with Crippen LogP contribution in [0.15, 0.2) is 27.8 Å². The number of rotatable bonds is 6. The number of hydrogen-bond donors (Lipinski definition) is 2. The van der Waals surface area contributed by atoms with Gasteiger partial charge in [-0.25, -0.2) is 5.43 Å². The SMILES string of the molecule is CCN(CC)c1ccc(/C=N/Nc2nn[nH]n2)cc1Br. The molecule has 0 radical (unpaired) electrons. The van der Waals surface area contributed by atoms with Crippen LogP contribution in [-0.2, 0) is 0 Å². The summed E-state index contributed by atoms with van der Waals surface area (Å²) in [4.78, 5) is 2.28. The fourth-order valence-corrected chi connectivity index (χ4v) is 2.45. The number of halogens is 1. The topological polar surface area (TPSA) is 82.1 Å². The molecule has 0 spiro atoms. The maximum absolute atomic E-state index is 4.05. The van der Waals surface area contributed by atoms with Crippen LogP contribution in [-0.4, -0.2) is 39.9 Å². The van der Waals surface area contributed by atoms with Crippen molar-refractivity contribution in [3.05, 3.63) is 28.2 Å². The fraction of sp³-hybridized carbons (Fsp3) is 0.333. The highest BCUT2D eigenvalue weighted by Gasteiger charge is 2.06. The van der Waals surface area contributed by atoms with Crippen LogP contribution in [0.1, 0.15) is 19.4 Å². The fourth-order valence-electron chi connectivity index (χ4n) is 1.80. The van der Waals surface area contributed by atoms with Gasteiger partial charge in [0.25, 0.3) is 5.95 Å². The molecule has 8 heteroatoms. The molecule has 0 aliphatic heterocycles. The summed E-state index contributed by atoms with van der Waals surface area (Å²) in [6.45, 7) is 6.23. The van der Waals surface area contributed by atoms with Crippen molar-refractivity contribution >= 4 is 33.8 Å². The monoisotopic (exact) mass is 337 g/mol. The van der Waals surface area contributed by atoms with Gasteiger partial charge in [0, 0.05) is 17.6 Å². The first-order valence-corrected chi connectivity index (χ1v) is 7.11. The van der Waals surface area contributed by atoms with E-state index >= 15 is 0 Å². The van der Waals surface area contributed by atoms with Crippen molar-refractivity contribution in [2.24, 2.45) is 5.10 Å². The lowest BCUT2D eigenvalue weighted by Crippen LogP contribution is -2.22. The van der Waals surface area contributed by atoms with E-state index in [1.54, 1.807) is 6.21 Å². The van der Waals surface area contributed by atoms with Crippen molar-refractivity contribution in [1.82, 2.24) is 20.6 Å². The van der Waals surface area contributed by atoms with E-state index in [0.717, 1.165) is 23.1 Å². The van der Waals surface area contributed by atoms with Crippen molar-refractivity contribution < 1.29 is 0 Å². The van der Waals surface area contributed by atoms with Gasteiger partial charge in [0.15, 0.2) is 0 Å². The predicted molar refractivity (Wildman–Crippen MR) is 83.1 cm³/mol. The summed E-state index contributed by atoms with van der Waals surface area (Å²) in [6.07, 6.45) is 1.70. The Kier molecular flexibility index (Phi) is 5.05. The highest BCUT2D eigenvalue weighted by molar-refractivity contribution is 9.10. The molecule has 106 valence electrons. The highest BCUT2D eigenvalue weighted by Crippen LogP contribution is 2.26. The molecule has 2 N–H and O–H groups in total. The number of hydrogen-bond acceptors (Lipinski definition) is 6. The molecule has 2 rings (SSSR count). The average molecular weight is 338 g/mol. The van der Waals surface area contributed by atoms with E-state index in [2.05, 4.69) is 71.9 Å². The molecule has 0 amide bonds. The van der Waals surface area contributed by atoms with Gasteiger partial charge < -0.3 is 4.90 Å². The molecular weight excluding hydrogens is 322 g/mol. The van der Waals surface area contributed by atoms with Gasteiger partial charge in [0.2, 0.25) is 0 Å². The van der Waals surface area contributed by atoms with Gasteiger partial charge in [-0.05, 0) is 52.7 Å². The summed E-state index contributed by atoms with van der Waals surface area (Å²) in [5.74, 6) is 0.333. The Labute approximate surface area is 125 Å². The van der Waals surface area contributed by atoms with Crippen LogP contribution < -0.4 is 10.3 Å². The molecule has 1 aromatic heterocycles. The Balaban J connectivity index is 2.06. The van der Waals surface area contributed by atoms with Crippen LogP contribution in [0.4, 0.5) is 11.6 Å². The molecule has 1 heterocycles. The number of nitrogens with one attached hydrogen (secondary N) is 2. The van der Waals surface area contributed by atoms with Gasteiger partial charge in [-0.15, -0.1) is 5.10 Å². The summed E-state index contributed by atoms with van der Waals surface area (Å²) >= 11 is 3.60. The molecule has 0 saturated carbocycles. The normalized spacial score (nSPS) is 10.9. The second-order valence-corrected chi connectivity index (χ2v) is 4.84. The van der Waals surface area contributed by atoms with Crippen molar-refractivity contribution in [2.75, 3.05) is 23.4 Å². The first-order valence-electron chi connectivity index (χ1n) is 6.31. The molecule has 0 aliphatic rings. The number of benzene rings is 1. The van der Waals surface area contributed by atoms with Crippen molar-refractivity contribution in [3.63, 3.8) is 0 Å². The smallest absolute Gasteiger partial charge is 0.283 e. The van der Waals surface area contributed by atoms with Crippen LogP contribution in [0.25, 0.3) is 0 Å². The number of H-pyrrole nitrogens is 1. The third-order valence-electron chi connectivity index (χ3n) is 2.80. The molecule has 0 saturated heterocycles. The van der Waals surface area contributed by atoms with Crippen LogP contribution in [0, 0.1) is 0 Å². The van der Waals surface area contributed by atoms with E-state index in [1.807, 2.05) is 12.1 Å². The Morgan fingerprint density at radius 2 is 2.20 bits per heavy atom. The molecular formula is C12H16BrN7. The van der Waals surface area contributed by atoms with E-state index in [-0.39, 0.29) is 0 Å². The van der Waals surface area contributed by atoms with E-state index in [0.29, 0.717) is 5.95 Å². The standard InChI is InChI=1S/C12H16BrN7/c1-3-20(4-2)11-6-5-9(7-10(11)13)8-14-15-12-16-18-19-17-12/h5-8H,3-4H2,1-2H3,(H2,15,16,17,18,19)/b14-8+. The minimum Gasteiger partial charge on any atom is -0.371 e. The van der Waals surface area contributed by atoms with Gasteiger partial charge in [0.05, 0.1) is 11.9 Å². The van der Waals surface area contributed by atoms with Crippen molar-refractivity contribution in [1.29, 1.82) is 0 Å². The molecule has 0 atom stereocenters. The quantitative estimate of drug-likeness (QED) is 0.624. The number of hydrazone groups is 1. The molecule has 20 heavy (non-hydrogen) atoms. The number of tetrazole rings is 1. The zero-order valence-electron chi connectivity index (χ0n) is 11.3. The lowest BCUT2D eigenvalue weighted by atomic mass is 10.2. The minimum atomic E-state index is 0.333. The minimum absolute atomic E-state index is 0.333. The van der Waals surface area contributed by atoms with Gasteiger partial charge in [-0.1, -0.05) is 11.2 Å². The molecule has 1 aromatic carbocycles. The Bertz CT molecular complexity index is 563. The summed E-state index contributed by atoms with van der Waals surface area (Å²) in [5.41, 5.74) is 4.83. The number of anilines is 2. The Hall–Kier alpha value is -1.96. The third kappa shape index (κ3) is 3.53. The van der Waals surface area contributed by atoms with Crippen LogP contribution in [0.3, 0.4) is 0 Å². The van der Waals surface area contributed by atoms with Gasteiger partial charge in [-0.3, -0.25) is 0 Å². The van der Waals surface area contributed by atoms with Crippen LogP contribution in [0.5, 0.6) is 0 Å². The second kappa shape index (κ2) is 6.99. The Morgan fingerprint density at radius 1 is 1.40 bits per heavy atom. The third-order valence-corrected chi connectivity index (χ3v) is 3.43. The largest absolute Gasteiger partial charge is 0.371 e. The van der Waals surface area contributed by atoms with E-state index < -0.39 is 0 Å². The molecule has 0 aliphatic carbocycles. The van der Waals surface area contributed by atoms with Crippen LogP contribution >= 0.6 is 15.9 Å². The lowest BCUT2D eigenvalue weighted by molar-refractivity contribution is 0.864. The van der Waals surface area contributed by atoms with Crippen molar-refractivity contribution in [3.8, 4) is 0 Å². The number of nitrogens with zero attached hydrogens (tertiary/aromatic N) is 5. The van der Waals surface area contributed by atoms with E-state index in [1.165, 1.54) is 5.69 Å². The highest BCUT2D eigenvalue weighted by atomic mass is 79.9. The summed E-state index contributed by atoms with van der Waals surface area (Å²) in [7, 11) is 0. The average Bonchev–Trinajstić information content (AvgIpc) is 2.95. The second-order valence-electron chi connectivity index (χ2n) is 3.99. The maximum Gasteiger partial charge on any atom is 0.283 e. The molecule has 0 bridgehead atoms. The molecule has 7 nitrogen and oxygen atoms in total. The summed E-state index contributed by atoms with van der Waals surface area (Å²) in [6, 6.07) is 6.11. The summed E-state index contributed by atoms with van der Waals surface area (Å²) in [5, 5.41) is 17.3. The zero-order valence-corrected chi connectivity index (χ0v) is 12.9. The Morgan fingerprint density at radius 3 is 2.80 bits per heavy atom. The molecule has 2 aromatic rings. The molecule has 0 fully saturated rings. The van der Waals surface area contributed by atoms with E-state index in [4.69, 9.17) is 0 Å². The first-order chi connectivity index (χ1) is 9.74. The number of aromatic nitrogens is 4.